The summed E-state index contributed by atoms with van der Waals surface area (Å²) in [5.41, 5.74) is 1.45. The molecule has 2 aromatic rings. The van der Waals surface area contributed by atoms with E-state index in [4.69, 9.17) is 4.74 Å². The number of aromatic nitrogens is 1. The van der Waals surface area contributed by atoms with Gasteiger partial charge in [0.25, 0.3) is 5.91 Å². The molecule has 2 heterocycles. The number of aliphatic hydroxyl groups is 1. The zero-order valence-corrected chi connectivity index (χ0v) is 16.2. The summed E-state index contributed by atoms with van der Waals surface area (Å²) in [6.07, 6.45) is 5.59. The average molecular weight is 395 g/mol. The minimum Gasteiger partial charge on any atom is -0.394 e. The van der Waals surface area contributed by atoms with Crippen molar-refractivity contribution >= 4 is 11.8 Å². The predicted octanol–water partition coefficient (Wildman–Crippen LogP) is 1.76. The first-order valence-corrected chi connectivity index (χ1v) is 9.56. The van der Waals surface area contributed by atoms with Crippen LogP contribution < -0.4 is 10.6 Å². The van der Waals surface area contributed by atoms with Gasteiger partial charge in [-0.15, -0.1) is 0 Å². The summed E-state index contributed by atoms with van der Waals surface area (Å²) in [6, 6.07) is 12.4. The fraction of sp³-hybridized carbons (Fsp3) is 0.318. The van der Waals surface area contributed by atoms with Crippen molar-refractivity contribution in [1.29, 1.82) is 0 Å². The summed E-state index contributed by atoms with van der Waals surface area (Å²) >= 11 is 0. The molecule has 2 amide bonds. The van der Waals surface area contributed by atoms with Gasteiger partial charge in [0, 0.05) is 12.4 Å². The van der Waals surface area contributed by atoms with Gasteiger partial charge in [0.05, 0.1) is 36.8 Å². The van der Waals surface area contributed by atoms with E-state index in [1.165, 1.54) is 6.20 Å². The molecule has 0 unspecified atom stereocenters. The van der Waals surface area contributed by atoms with E-state index in [9.17, 15) is 14.7 Å². The lowest BCUT2D eigenvalue weighted by molar-refractivity contribution is -0.126. The topological polar surface area (TPSA) is 101 Å². The molecule has 0 bridgehead atoms. The van der Waals surface area contributed by atoms with E-state index in [2.05, 4.69) is 15.6 Å². The third-order valence-electron chi connectivity index (χ3n) is 4.75. The van der Waals surface area contributed by atoms with Crippen LogP contribution in [-0.4, -0.2) is 46.8 Å². The van der Waals surface area contributed by atoms with Crippen LogP contribution in [0.3, 0.4) is 0 Å². The zero-order chi connectivity index (χ0) is 20.6. The molecule has 4 atom stereocenters. The molecule has 0 saturated carbocycles. The molecule has 3 N–H and O–H groups in total. The average Bonchev–Trinajstić information content (AvgIpc) is 2.75. The maximum absolute atomic E-state index is 12.4. The molecule has 7 nitrogen and oxygen atoms in total. The SMILES string of the molecule is C[C@H](NC(=O)C[C@@H]1C=C[C@@H](NC(=O)c2cccnc2)[C@@H](CO)O1)c1ccccc1. The smallest absolute Gasteiger partial charge is 0.253 e. The Morgan fingerprint density at radius 3 is 2.66 bits per heavy atom. The highest BCUT2D eigenvalue weighted by atomic mass is 16.5. The Kier molecular flexibility index (Phi) is 7.10. The summed E-state index contributed by atoms with van der Waals surface area (Å²) in [5, 5.41) is 15.4. The molecule has 0 radical (unpaired) electrons. The van der Waals surface area contributed by atoms with Gasteiger partial charge >= 0.3 is 0 Å². The Morgan fingerprint density at radius 2 is 1.97 bits per heavy atom. The second kappa shape index (κ2) is 9.95. The van der Waals surface area contributed by atoms with Crippen molar-refractivity contribution in [1.82, 2.24) is 15.6 Å². The number of carbonyl (C=O) groups is 2. The highest BCUT2D eigenvalue weighted by Crippen LogP contribution is 2.17. The Bertz CT molecular complexity index is 842. The van der Waals surface area contributed by atoms with Gasteiger partial charge in [-0.3, -0.25) is 14.6 Å². The van der Waals surface area contributed by atoms with Crippen molar-refractivity contribution < 1.29 is 19.4 Å². The molecule has 1 aromatic heterocycles. The van der Waals surface area contributed by atoms with Gasteiger partial charge in [0.1, 0.15) is 6.10 Å². The van der Waals surface area contributed by atoms with Crippen LogP contribution in [0.25, 0.3) is 0 Å². The monoisotopic (exact) mass is 395 g/mol. The number of amides is 2. The molecule has 1 aliphatic heterocycles. The van der Waals surface area contributed by atoms with Crippen LogP contribution in [0.4, 0.5) is 0 Å². The maximum atomic E-state index is 12.4. The van der Waals surface area contributed by atoms with Crippen molar-refractivity contribution in [3.63, 3.8) is 0 Å². The van der Waals surface area contributed by atoms with Gasteiger partial charge in [0.15, 0.2) is 0 Å². The maximum Gasteiger partial charge on any atom is 0.253 e. The van der Waals surface area contributed by atoms with Gasteiger partial charge in [-0.2, -0.15) is 0 Å². The first-order chi connectivity index (χ1) is 14.1. The number of pyridine rings is 1. The van der Waals surface area contributed by atoms with Crippen molar-refractivity contribution in [2.24, 2.45) is 0 Å². The molecule has 7 heteroatoms. The van der Waals surface area contributed by atoms with E-state index in [0.29, 0.717) is 5.56 Å². The molecular weight excluding hydrogens is 370 g/mol. The first kappa shape index (κ1) is 20.7. The highest BCUT2D eigenvalue weighted by Gasteiger charge is 2.29. The number of hydrogen-bond acceptors (Lipinski definition) is 5. The number of ether oxygens (including phenoxy) is 1. The number of carbonyl (C=O) groups excluding carboxylic acids is 2. The van der Waals surface area contributed by atoms with E-state index in [-0.39, 0.29) is 30.9 Å². The minimum atomic E-state index is -0.634. The molecule has 3 rings (SSSR count). The Hall–Kier alpha value is -3.03. The van der Waals surface area contributed by atoms with Crippen LogP contribution in [0.5, 0.6) is 0 Å². The zero-order valence-electron chi connectivity index (χ0n) is 16.2. The first-order valence-electron chi connectivity index (χ1n) is 9.56. The normalized spacial score (nSPS) is 21.9. The third kappa shape index (κ3) is 5.73. The summed E-state index contributed by atoms with van der Waals surface area (Å²) in [7, 11) is 0. The summed E-state index contributed by atoms with van der Waals surface area (Å²) < 4.78 is 5.81. The molecule has 0 spiro atoms. The standard InChI is InChI=1S/C22H25N3O4/c1-15(16-6-3-2-4-7-16)24-21(27)12-18-9-10-19(20(14-26)29-18)25-22(28)17-8-5-11-23-13-17/h2-11,13,15,18-20,26H,12,14H2,1H3,(H,24,27)(H,25,28)/t15-,18-,19+,20+/m0/s1. The molecule has 0 aliphatic carbocycles. The van der Waals surface area contributed by atoms with Crippen LogP contribution >= 0.6 is 0 Å². The van der Waals surface area contributed by atoms with Gasteiger partial charge < -0.3 is 20.5 Å². The third-order valence-corrected chi connectivity index (χ3v) is 4.75. The van der Waals surface area contributed by atoms with Crippen LogP contribution in [0.2, 0.25) is 0 Å². The van der Waals surface area contributed by atoms with Crippen molar-refractivity contribution in [2.45, 2.75) is 37.6 Å². The molecule has 0 fully saturated rings. The van der Waals surface area contributed by atoms with E-state index in [1.54, 1.807) is 30.5 Å². The van der Waals surface area contributed by atoms with E-state index in [0.717, 1.165) is 5.56 Å². The van der Waals surface area contributed by atoms with E-state index >= 15 is 0 Å². The Morgan fingerprint density at radius 1 is 1.17 bits per heavy atom. The molecule has 0 saturated heterocycles. The molecule has 1 aromatic carbocycles. The Labute approximate surface area is 169 Å². The second-order valence-corrected chi connectivity index (χ2v) is 6.93. The van der Waals surface area contributed by atoms with E-state index in [1.807, 2.05) is 37.3 Å². The van der Waals surface area contributed by atoms with Gasteiger partial charge in [-0.05, 0) is 24.6 Å². The van der Waals surface area contributed by atoms with Crippen LogP contribution in [-0.2, 0) is 9.53 Å². The van der Waals surface area contributed by atoms with Crippen LogP contribution in [0, 0.1) is 0 Å². The van der Waals surface area contributed by atoms with Gasteiger partial charge in [-0.1, -0.05) is 42.5 Å². The van der Waals surface area contributed by atoms with Gasteiger partial charge in [-0.25, -0.2) is 0 Å². The van der Waals surface area contributed by atoms with Crippen molar-refractivity contribution in [2.75, 3.05) is 6.61 Å². The van der Waals surface area contributed by atoms with Crippen LogP contribution in [0.15, 0.2) is 67.0 Å². The molecule has 29 heavy (non-hydrogen) atoms. The summed E-state index contributed by atoms with van der Waals surface area (Å²) in [4.78, 5) is 28.6. The fourth-order valence-corrected chi connectivity index (χ4v) is 3.18. The summed E-state index contributed by atoms with van der Waals surface area (Å²) in [5.74, 6) is -0.451. The highest BCUT2D eigenvalue weighted by molar-refractivity contribution is 5.94. The van der Waals surface area contributed by atoms with Crippen LogP contribution in [0.1, 0.15) is 35.3 Å². The molecular formula is C22H25N3O4. The minimum absolute atomic E-state index is 0.114. The number of nitrogens with zero attached hydrogens (tertiary/aromatic N) is 1. The van der Waals surface area contributed by atoms with Crippen molar-refractivity contribution in [3.8, 4) is 0 Å². The lowest BCUT2D eigenvalue weighted by atomic mass is 10.0. The number of benzene rings is 1. The van der Waals surface area contributed by atoms with Crippen molar-refractivity contribution in [3.05, 3.63) is 78.1 Å². The number of nitrogens with one attached hydrogen (secondary N) is 2. The second-order valence-electron chi connectivity index (χ2n) is 6.93. The quantitative estimate of drug-likeness (QED) is 0.621. The van der Waals surface area contributed by atoms with E-state index < -0.39 is 18.2 Å². The number of aliphatic hydroxyl groups excluding tert-OH is 1. The largest absolute Gasteiger partial charge is 0.394 e. The lowest BCUT2D eigenvalue weighted by Gasteiger charge is -2.31. The number of hydrogen-bond donors (Lipinski definition) is 3. The fourth-order valence-electron chi connectivity index (χ4n) is 3.18. The number of rotatable bonds is 7. The lowest BCUT2D eigenvalue weighted by Crippen LogP contribution is -2.49. The summed E-state index contributed by atoms with van der Waals surface area (Å²) in [6.45, 7) is 1.65. The predicted molar refractivity (Wildman–Crippen MR) is 108 cm³/mol. The van der Waals surface area contributed by atoms with Gasteiger partial charge in [0.2, 0.25) is 5.91 Å². The molecule has 152 valence electrons. The molecule has 1 aliphatic rings. The Balaban J connectivity index is 1.55.